The summed E-state index contributed by atoms with van der Waals surface area (Å²) in [5, 5.41) is 12.3. The van der Waals surface area contributed by atoms with Crippen LogP contribution >= 0.6 is 11.6 Å². The van der Waals surface area contributed by atoms with Gasteiger partial charge in [-0.1, -0.05) is 37.6 Å². The number of carbonyl (C=O) groups is 1. The Morgan fingerprint density at radius 3 is 2.82 bits per heavy atom. The van der Waals surface area contributed by atoms with Crippen LogP contribution in [-0.2, 0) is 0 Å². The normalized spacial score (nSPS) is 11.5. The van der Waals surface area contributed by atoms with Crippen LogP contribution in [0.15, 0.2) is 35.1 Å². The number of rotatable bonds is 6. The molecule has 1 aromatic carbocycles. The minimum atomic E-state index is -0.324. The number of halogens is 1. The first kappa shape index (κ1) is 16.5. The molecule has 0 saturated heterocycles. The Bertz CT molecular complexity index is 652. The van der Waals surface area contributed by atoms with Gasteiger partial charge in [0.1, 0.15) is 0 Å². The average Bonchev–Trinajstić information content (AvgIpc) is 2.94. The fourth-order valence-electron chi connectivity index (χ4n) is 2.04. The van der Waals surface area contributed by atoms with Gasteiger partial charge in [0.2, 0.25) is 0 Å². The van der Waals surface area contributed by atoms with Gasteiger partial charge in [0, 0.05) is 18.7 Å². The highest BCUT2D eigenvalue weighted by Crippen LogP contribution is 2.30. The number of carbonyl (C=O) groups excluding carboxylic acids is 1. The van der Waals surface area contributed by atoms with Crippen LogP contribution in [0.5, 0.6) is 0 Å². The SMILES string of the molecule is CC(C)(CCO)CNC(=O)c1ncoc1-c1ccccc1Cl. The third-order valence-electron chi connectivity index (χ3n) is 3.42. The van der Waals surface area contributed by atoms with Gasteiger partial charge in [0.15, 0.2) is 17.8 Å². The minimum Gasteiger partial charge on any atom is -0.443 e. The van der Waals surface area contributed by atoms with E-state index in [9.17, 15) is 4.79 Å². The second-order valence-electron chi connectivity index (χ2n) is 5.83. The van der Waals surface area contributed by atoms with Crippen LogP contribution in [0, 0.1) is 5.41 Å². The molecule has 5 nitrogen and oxygen atoms in total. The second kappa shape index (κ2) is 6.94. The Morgan fingerprint density at radius 1 is 1.41 bits per heavy atom. The van der Waals surface area contributed by atoms with Crippen molar-refractivity contribution in [3.8, 4) is 11.3 Å². The summed E-state index contributed by atoms with van der Waals surface area (Å²) in [6.45, 7) is 4.46. The van der Waals surface area contributed by atoms with Crippen LogP contribution in [0.3, 0.4) is 0 Å². The van der Waals surface area contributed by atoms with Crippen molar-refractivity contribution in [1.82, 2.24) is 10.3 Å². The molecule has 0 saturated carbocycles. The lowest BCUT2D eigenvalue weighted by Gasteiger charge is -2.23. The predicted octanol–water partition coefficient (Wildman–Crippen LogP) is 3.13. The molecule has 6 heteroatoms. The lowest BCUT2D eigenvalue weighted by molar-refractivity contribution is 0.0924. The smallest absolute Gasteiger partial charge is 0.273 e. The van der Waals surface area contributed by atoms with Crippen LogP contribution < -0.4 is 5.32 Å². The van der Waals surface area contributed by atoms with E-state index in [-0.39, 0.29) is 23.6 Å². The van der Waals surface area contributed by atoms with E-state index in [0.717, 1.165) is 0 Å². The van der Waals surface area contributed by atoms with Crippen molar-refractivity contribution in [3.63, 3.8) is 0 Å². The van der Waals surface area contributed by atoms with Gasteiger partial charge in [-0.25, -0.2) is 4.98 Å². The number of aliphatic hydroxyl groups is 1. The summed E-state index contributed by atoms with van der Waals surface area (Å²) in [5.41, 5.74) is 0.632. The fourth-order valence-corrected chi connectivity index (χ4v) is 2.26. The number of aliphatic hydroxyl groups excluding tert-OH is 1. The summed E-state index contributed by atoms with van der Waals surface area (Å²) in [7, 11) is 0. The van der Waals surface area contributed by atoms with Gasteiger partial charge in [-0.15, -0.1) is 0 Å². The quantitative estimate of drug-likeness (QED) is 0.856. The van der Waals surface area contributed by atoms with Crippen LogP contribution in [0.2, 0.25) is 5.02 Å². The van der Waals surface area contributed by atoms with E-state index >= 15 is 0 Å². The zero-order valence-corrected chi connectivity index (χ0v) is 13.4. The molecule has 1 heterocycles. The largest absolute Gasteiger partial charge is 0.443 e. The number of hydrogen-bond acceptors (Lipinski definition) is 4. The average molecular weight is 323 g/mol. The molecule has 0 unspecified atom stereocenters. The maximum absolute atomic E-state index is 12.3. The molecule has 1 amide bonds. The van der Waals surface area contributed by atoms with Gasteiger partial charge >= 0.3 is 0 Å². The molecule has 0 aliphatic rings. The molecule has 2 N–H and O–H groups in total. The molecule has 0 bridgehead atoms. The third-order valence-corrected chi connectivity index (χ3v) is 3.75. The van der Waals surface area contributed by atoms with Crippen molar-refractivity contribution in [2.24, 2.45) is 5.41 Å². The minimum absolute atomic E-state index is 0.0811. The molecule has 2 rings (SSSR count). The molecule has 0 spiro atoms. The van der Waals surface area contributed by atoms with Crippen molar-refractivity contribution in [2.75, 3.05) is 13.2 Å². The van der Waals surface area contributed by atoms with Crippen LogP contribution in [0.1, 0.15) is 30.8 Å². The Balaban J connectivity index is 2.16. The first-order valence-electron chi connectivity index (χ1n) is 7.02. The Labute approximate surface area is 134 Å². The molecule has 0 radical (unpaired) electrons. The van der Waals surface area contributed by atoms with Crippen molar-refractivity contribution < 1.29 is 14.3 Å². The molecule has 0 aliphatic heterocycles. The molecule has 0 fully saturated rings. The summed E-state index contributed by atoms with van der Waals surface area (Å²) in [6, 6.07) is 7.12. The predicted molar refractivity (Wildman–Crippen MR) is 84.8 cm³/mol. The van der Waals surface area contributed by atoms with E-state index in [1.165, 1.54) is 6.39 Å². The topological polar surface area (TPSA) is 75.4 Å². The van der Waals surface area contributed by atoms with Gasteiger partial charge in [0.05, 0.1) is 5.02 Å². The number of hydrogen-bond donors (Lipinski definition) is 2. The van der Waals surface area contributed by atoms with Gasteiger partial charge in [-0.3, -0.25) is 4.79 Å². The summed E-state index contributed by atoms with van der Waals surface area (Å²) in [5.74, 6) is 0.0257. The number of nitrogens with one attached hydrogen (secondary N) is 1. The highest BCUT2D eigenvalue weighted by molar-refractivity contribution is 6.33. The van der Waals surface area contributed by atoms with E-state index in [2.05, 4.69) is 10.3 Å². The number of benzene rings is 1. The lowest BCUT2D eigenvalue weighted by Crippen LogP contribution is -2.34. The Morgan fingerprint density at radius 2 is 2.14 bits per heavy atom. The van der Waals surface area contributed by atoms with E-state index in [1.54, 1.807) is 18.2 Å². The number of nitrogens with zero attached hydrogens (tertiary/aromatic N) is 1. The van der Waals surface area contributed by atoms with E-state index < -0.39 is 0 Å². The molecular weight excluding hydrogens is 304 g/mol. The number of amides is 1. The first-order valence-corrected chi connectivity index (χ1v) is 7.40. The van der Waals surface area contributed by atoms with Crippen LogP contribution in [0.25, 0.3) is 11.3 Å². The Hall–Kier alpha value is -1.85. The molecule has 1 aromatic heterocycles. The number of oxazole rings is 1. The van der Waals surface area contributed by atoms with Gasteiger partial charge in [-0.05, 0) is 24.0 Å². The van der Waals surface area contributed by atoms with Crippen molar-refractivity contribution in [1.29, 1.82) is 0 Å². The van der Waals surface area contributed by atoms with E-state index in [1.807, 2.05) is 19.9 Å². The van der Waals surface area contributed by atoms with E-state index in [4.69, 9.17) is 21.1 Å². The molecule has 118 valence electrons. The molecule has 0 atom stereocenters. The molecule has 0 aliphatic carbocycles. The zero-order chi connectivity index (χ0) is 16.2. The van der Waals surface area contributed by atoms with Crippen molar-refractivity contribution in [3.05, 3.63) is 41.4 Å². The fraction of sp³-hybridized carbons (Fsp3) is 0.375. The zero-order valence-electron chi connectivity index (χ0n) is 12.6. The molecule has 2 aromatic rings. The third kappa shape index (κ3) is 3.87. The highest BCUT2D eigenvalue weighted by Gasteiger charge is 2.23. The summed E-state index contributed by atoms with van der Waals surface area (Å²) < 4.78 is 5.34. The maximum Gasteiger partial charge on any atom is 0.273 e. The highest BCUT2D eigenvalue weighted by atomic mass is 35.5. The monoisotopic (exact) mass is 322 g/mol. The summed E-state index contributed by atoms with van der Waals surface area (Å²) in [6.07, 6.45) is 1.83. The standard InChI is InChI=1S/C16H19ClN2O3/c1-16(2,7-8-20)9-18-15(21)13-14(22-10-19-13)11-5-3-4-6-12(11)17/h3-6,10,20H,7-9H2,1-2H3,(H,18,21). The van der Waals surface area contributed by atoms with Gasteiger partial charge in [0.25, 0.3) is 5.91 Å². The van der Waals surface area contributed by atoms with Gasteiger partial charge in [-0.2, -0.15) is 0 Å². The first-order chi connectivity index (χ1) is 10.4. The summed E-state index contributed by atoms with van der Waals surface area (Å²) >= 11 is 6.14. The van der Waals surface area contributed by atoms with Crippen LogP contribution in [0.4, 0.5) is 0 Å². The van der Waals surface area contributed by atoms with E-state index in [0.29, 0.717) is 29.3 Å². The maximum atomic E-state index is 12.3. The van der Waals surface area contributed by atoms with Crippen LogP contribution in [-0.4, -0.2) is 29.1 Å². The lowest BCUT2D eigenvalue weighted by atomic mass is 9.90. The number of aromatic nitrogens is 1. The molecule has 22 heavy (non-hydrogen) atoms. The molecular formula is C16H19ClN2O3. The second-order valence-corrected chi connectivity index (χ2v) is 6.24. The van der Waals surface area contributed by atoms with Crippen molar-refractivity contribution in [2.45, 2.75) is 20.3 Å². The van der Waals surface area contributed by atoms with Crippen molar-refractivity contribution >= 4 is 17.5 Å². The summed E-state index contributed by atoms with van der Waals surface area (Å²) in [4.78, 5) is 16.3. The Kier molecular flexibility index (Phi) is 5.21. The van der Waals surface area contributed by atoms with Gasteiger partial charge < -0.3 is 14.8 Å².